The molecule has 4 aromatic rings. The van der Waals surface area contributed by atoms with Crippen LogP contribution in [0.2, 0.25) is 0 Å². The van der Waals surface area contributed by atoms with Crippen molar-refractivity contribution in [1.29, 1.82) is 0 Å². The summed E-state index contributed by atoms with van der Waals surface area (Å²) in [5, 5.41) is 6.74. The Morgan fingerprint density at radius 1 is 0.829 bits per heavy atom. The van der Waals surface area contributed by atoms with Crippen LogP contribution < -0.4 is 19.8 Å². The lowest BCUT2D eigenvalue weighted by molar-refractivity contribution is -0.119. The van der Waals surface area contributed by atoms with E-state index >= 15 is 0 Å². The topological polar surface area (TPSA) is 117 Å². The van der Waals surface area contributed by atoms with E-state index in [1.54, 1.807) is 73.7 Å². The number of carbonyl (C=O) groups is 2. The van der Waals surface area contributed by atoms with Crippen LogP contribution in [0.1, 0.15) is 16.7 Å². The third-order valence-corrected chi connectivity index (χ3v) is 7.76. The first-order valence-electron chi connectivity index (χ1n) is 12.8. The molecule has 10 heteroatoms. The van der Waals surface area contributed by atoms with Crippen LogP contribution in [-0.2, 0) is 19.6 Å². The Morgan fingerprint density at radius 2 is 1.49 bits per heavy atom. The zero-order valence-electron chi connectivity index (χ0n) is 22.7. The number of hydrazone groups is 1. The van der Waals surface area contributed by atoms with Crippen molar-refractivity contribution < 1.29 is 22.7 Å². The van der Waals surface area contributed by atoms with Crippen LogP contribution >= 0.6 is 0 Å². The second-order valence-electron chi connectivity index (χ2n) is 9.18. The Bertz CT molecular complexity index is 1620. The van der Waals surface area contributed by atoms with E-state index in [0.717, 1.165) is 9.87 Å². The molecule has 0 bridgehead atoms. The van der Waals surface area contributed by atoms with Gasteiger partial charge in [-0.2, -0.15) is 5.10 Å². The van der Waals surface area contributed by atoms with Gasteiger partial charge in [-0.15, -0.1) is 0 Å². The van der Waals surface area contributed by atoms with E-state index in [2.05, 4.69) is 15.8 Å². The summed E-state index contributed by atoms with van der Waals surface area (Å²) < 4.78 is 33.4. The molecule has 0 fully saturated rings. The number of benzene rings is 4. The molecule has 0 unspecified atom stereocenters. The smallest absolute Gasteiger partial charge is 0.264 e. The number of aryl methyl sites for hydroxylation is 2. The van der Waals surface area contributed by atoms with Crippen LogP contribution in [0, 0.1) is 13.8 Å². The summed E-state index contributed by atoms with van der Waals surface area (Å²) in [5.74, 6) is -0.398. The number of carbonyl (C=O) groups excluding carboxylic acids is 2. The molecular weight excluding hydrogens is 540 g/mol. The maximum Gasteiger partial charge on any atom is 0.264 e. The van der Waals surface area contributed by atoms with E-state index in [1.165, 1.54) is 18.3 Å². The number of sulfonamides is 1. The van der Waals surface area contributed by atoms with Crippen molar-refractivity contribution in [2.45, 2.75) is 18.7 Å². The molecule has 0 aromatic heterocycles. The second kappa shape index (κ2) is 13.4. The SMILES string of the molecule is Cc1ccc(NC(=O)COc2ccc(/C=N\NC(=O)CN(c3ccccc3C)S(=O)(=O)c3ccccc3)cc2)cc1. The minimum atomic E-state index is -4.01. The molecule has 2 N–H and O–H groups in total. The summed E-state index contributed by atoms with van der Waals surface area (Å²) in [6, 6.07) is 29.1. The number of hydrogen-bond acceptors (Lipinski definition) is 6. The van der Waals surface area contributed by atoms with Crippen LogP contribution in [0.5, 0.6) is 5.75 Å². The summed E-state index contributed by atoms with van der Waals surface area (Å²) >= 11 is 0. The van der Waals surface area contributed by atoms with Gasteiger partial charge in [-0.25, -0.2) is 13.8 Å². The Hall–Kier alpha value is -4.96. The van der Waals surface area contributed by atoms with Crippen molar-refractivity contribution in [2.75, 3.05) is 22.8 Å². The van der Waals surface area contributed by atoms with E-state index in [0.29, 0.717) is 28.3 Å². The highest BCUT2D eigenvalue weighted by Crippen LogP contribution is 2.26. The number of hydrogen-bond donors (Lipinski definition) is 2. The number of nitrogens with zero attached hydrogens (tertiary/aromatic N) is 2. The lowest BCUT2D eigenvalue weighted by Gasteiger charge is -2.25. The average Bonchev–Trinajstić information content (AvgIpc) is 2.97. The number of ether oxygens (including phenoxy) is 1. The maximum absolute atomic E-state index is 13.4. The lowest BCUT2D eigenvalue weighted by atomic mass is 10.2. The number of rotatable bonds is 11. The molecule has 0 radical (unpaired) electrons. The van der Waals surface area contributed by atoms with Crippen molar-refractivity contribution in [3.63, 3.8) is 0 Å². The first-order chi connectivity index (χ1) is 19.7. The summed E-state index contributed by atoms with van der Waals surface area (Å²) in [6.07, 6.45) is 1.43. The molecule has 0 aliphatic carbocycles. The second-order valence-corrected chi connectivity index (χ2v) is 11.0. The van der Waals surface area contributed by atoms with Gasteiger partial charge in [0.2, 0.25) is 0 Å². The van der Waals surface area contributed by atoms with Gasteiger partial charge in [0.05, 0.1) is 16.8 Å². The molecule has 0 spiro atoms. The summed E-state index contributed by atoms with van der Waals surface area (Å²) in [7, 11) is -4.01. The van der Waals surface area contributed by atoms with Gasteiger partial charge in [0.1, 0.15) is 12.3 Å². The van der Waals surface area contributed by atoms with E-state index in [9.17, 15) is 18.0 Å². The third kappa shape index (κ3) is 8.02. The van der Waals surface area contributed by atoms with Crippen LogP contribution in [-0.4, -0.2) is 39.6 Å². The van der Waals surface area contributed by atoms with E-state index in [4.69, 9.17) is 4.74 Å². The molecule has 4 rings (SSSR count). The Labute approximate surface area is 239 Å². The van der Waals surface area contributed by atoms with Gasteiger partial charge in [-0.3, -0.25) is 13.9 Å². The predicted molar refractivity (Wildman–Crippen MR) is 160 cm³/mol. The highest BCUT2D eigenvalue weighted by molar-refractivity contribution is 7.92. The number of nitrogens with one attached hydrogen (secondary N) is 2. The summed E-state index contributed by atoms with van der Waals surface area (Å²) in [5.41, 5.74) is 5.96. The molecule has 0 heterocycles. The molecule has 4 aromatic carbocycles. The molecule has 41 heavy (non-hydrogen) atoms. The van der Waals surface area contributed by atoms with E-state index in [-0.39, 0.29) is 17.4 Å². The van der Waals surface area contributed by atoms with Crippen molar-refractivity contribution >= 4 is 39.4 Å². The quantitative estimate of drug-likeness (QED) is 0.201. The van der Waals surface area contributed by atoms with Gasteiger partial charge in [-0.05, 0) is 79.6 Å². The standard InChI is InChI=1S/C31H30N4O5S/c1-23-12-16-26(17-13-23)33-31(37)22-40-27-18-14-25(15-19-27)20-32-34-30(36)21-35(29-11-7-6-8-24(29)2)41(38,39)28-9-4-3-5-10-28/h3-20H,21-22H2,1-2H3,(H,33,37)(H,34,36)/b32-20-. The Kier molecular flexibility index (Phi) is 9.49. The number of anilines is 2. The third-order valence-electron chi connectivity index (χ3n) is 5.99. The Morgan fingerprint density at radius 3 is 2.17 bits per heavy atom. The summed E-state index contributed by atoms with van der Waals surface area (Å²) in [4.78, 5) is 25.0. The normalized spacial score (nSPS) is 11.2. The average molecular weight is 571 g/mol. The molecule has 210 valence electrons. The highest BCUT2D eigenvalue weighted by Gasteiger charge is 2.28. The lowest BCUT2D eigenvalue weighted by Crippen LogP contribution is -2.40. The fraction of sp³-hybridized carbons (Fsp3) is 0.129. The van der Waals surface area contributed by atoms with Gasteiger partial charge >= 0.3 is 0 Å². The van der Waals surface area contributed by atoms with Gasteiger partial charge in [-0.1, -0.05) is 54.1 Å². The van der Waals surface area contributed by atoms with Gasteiger partial charge in [0.25, 0.3) is 21.8 Å². The van der Waals surface area contributed by atoms with Gasteiger partial charge in [0, 0.05) is 5.69 Å². The van der Waals surface area contributed by atoms with Crippen LogP contribution in [0.4, 0.5) is 11.4 Å². The minimum Gasteiger partial charge on any atom is -0.484 e. The van der Waals surface area contributed by atoms with Crippen molar-refractivity contribution in [2.24, 2.45) is 5.10 Å². The maximum atomic E-state index is 13.4. The molecule has 9 nitrogen and oxygen atoms in total. The molecule has 2 amide bonds. The van der Waals surface area contributed by atoms with Crippen LogP contribution in [0.3, 0.4) is 0 Å². The van der Waals surface area contributed by atoms with E-state index in [1.807, 2.05) is 31.2 Å². The molecular formula is C31H30N4O5S. The first kappa shape index (κ1) is 29.0. The van der Waals surface area contributed by atoms with Crippen LogP contribution in [0.15, 0.2) is 113 Å². The highest BCUT2D eigenvalue weighted by atomic mass is 32.2. The Balaban J connectivity index is 1.34. The molecule has 0 aliphatic rings. The number of amides is 2. The summed E-state index contributed by atoms with van der Waals surface area (Å²) in [6.45, 7) is 3.14. The van der Waals surface area contributed by atoms with Gasteiger partial charge in [0.15, 0.2) is 6.61 Å². The van der Waals surface area contributed by atoms with Gasteiger partial charge < -0.3 is 10.1 Å². The molecule has 0 atom stereocenters. The minimum absolute atomic E-state index is 0.0782. The fourth-order valence-corrected chi connectivity index (χ4v) is 5.35. The largest absolute Gasteiger partial charge is 0.484 e. The van der Waals surface area contributed by atoms with E-state index < -0.39 is 22.5 Å². The zero-order valence-corrected chi connectivity index (χ0v) is 23.5. The van der Waals surface area contributed by atoms with Crippen molar-refractivity contribution in [1.82, 2.24) is 5.43 Å². The molecule has 0 saturated heterocycles. The zero-order chi connectivity index (χ0) is 29.2. The fourth-order valence-electron chi connectivity index (χ4n) is 3.84. The first-order valence-corrected chi connectivity index (χ1v) is 14.2. The predicted octanol–water partition coefficient (Wildman–Crippen LogP) is 4.67. The van der Waals surface area contributed by atoms with Crippen molar-refractivity contribution in [3.05, 3.63) is 120 Å². The van der Waals surface area contributed by atoms with Crippen molar-refractivity contribution in [3.8, 4) is 5.75 Å². The number of para-hydroxylation sites is 1. The molecule has 0 aliphatic heterocycles. The monoisotopic (exact) mass is 570 g/mol. The van der Waals surface area contributed by atoms with Crippen LogP contribution in [0.25, 0.3) is 0 Å². The molecule has 0 saturated carbocycles.